The Morgan fingerprint density at radius 3 is 2.38 bits per heavy atom. The zero-order valence-corrected chi connectivity index (χ0v) is 26.5. The van der Waals surface area contributed by atoms with Gasteiger partial charge in [0.2, 0.25) is 5.13 Å². The number of allylic oxidation sites excluding steroid dienone is 1. The smallest absolute Gasteiger partial charge is 0.296 e. The van der Waals surface area contributed by atoms with E-state index in [2.05, 4.69) is 34.5 Å². The van der Waals surface area contributed by atoms with Gasteiger partial charge in [0.05, 0.1) is 11.6 Å². The molecule has 1 aromatic heterocycles. The minimum Gasteiger partial charge on any atom is -0.503 e. The number of carbonyl (C=O) groups excluding carboxylic acids is 2. The molecule has 0 spiro atoms. The van der Waals surface area contributed by atoms with Gasteiger partial charge in [-0.05, 0) is 57.8 Å². The standard InChI is InChI=1S/C38H27N3O4S2/c42-32(22-21-25-11-3-1-4-12-25)33-34(27-15-10-19-30(23-27)45-29-17-5-2-6-18-29)41(36(44)35(33)43)37-39-40-38(47-37)46-24-28-16-9-14-26-13-7-8-20-31(26)28/h1-23,34,43H,24H2. The van der Waals surface area contributed by atoms with Gasteiger partial charge < -0.3 is 9.84 Å². The Hall–Kier alpha value is -5.51. The van der Waals surface area contributed by atoms with E-state index in [9.17, 15) is 14.7 Å². The van der Waals surface area contributed by atoms with Crippen LogP contribution in [-0.2, 0) is 15.3 Å². The van der Waals surface area contributed by atoms with Crippen LogP contribution >= 0.6 is 23.1 Å². The Bertz CT molecular complexity index is 2140. The van der Waals surface area contributed by atoms with Crippen molar-refractivity contribution in [2.75, 3.05) is 4.90 Å². The summed E-state index contributed by atoms with van der Waals surface area (Å²) < 4.78 is 6.73. The molecule has 0 aliphatic carbocycles. The van der Waals surface area contributed by atoms with E-state index in [0.717, 1.165) is 16.5 Å². The summed E-state index contributed by atoms with van der Waals surface area (Å²) in [7, 11) is 0. The average molecular weight is 654 g/mol. The molecule has 1 aliphatic heterocycles. The van der Waals surface area contributed by atoms with Gasteiger partial charge in [0, 0.05) is 5.75 Å². The van der Waals surface area contributed by atoms with Crippen LogP contribution in [0.4, 0.5) is 5.13 Å². The molecule has 0 radical (unpaired) electrons. The number of hydrogen-bond acceptors (Lipinski definition) is 8. The highest BCUT2D eigenvalue weighted by atomic mass is 32.2. The number of aliphatic hydroxyl groups excluding tert-OH is 1. The second kappa shape index (κ2) is 13.5. The number of hydrogen-bond donors (Lipinski definition) is 1. The number of aliphatic hydroxyl groups is 1. The fourth-order valence-electron chi connectivity index (χ4n) is 5.48. The highest BCUT2D eigenvalue weighted by Crippen LogP contribution is 2.44. The maximum absolute atomic E-state index is 13.7. The fourth-order valence-corrected chi connectivity index (χ4v) is 7.36. The van der Waals surface area contributed by atoms with E-state index in [4.69, 9.17) is 4.74 Å². The molecular formula is C38H27N3O4S2. The molecular weight excluding hydrogens is 627 g/mol. The molecule has 0 saturated heterocycles. The molecule has 7 rings (SSSR count). The summed E-state index contributed by atoms with van der Waals surface area (Å²) >= 11 is 2.75. The van der Waals surface area contributed by atoms with Crippen LogP contribution in [0.1, 0.15) is 22.7 Å². The molecule has 0 saturated carbocycles. The van der Waals surface area contributed by atoms with Crippen LogP contribution in [-0.4, -0.2) is 27.0 Å². The summed E-state index contributed by atoms with van der Waals surface area (Å²) in [6, 6.07) is 39.3. The molecule has 5 aromatic carbocycles. The summed E-state index contributed by atoms with van der Waals surface area (Å²) in [5.74, 6) is -0.0142. The van der Waals surface area contributed by atoms with E-state index in [1.165, 1.54) is 39.5 Å². The number of ether oxygens (including phenoxy) is 1. The minimum atomic E-state index is -0.960. The summed E-state index contributed by atoms with van der Waals surface area (Å²) in [5, 5.41) is 22.5. The second-order valence-corrected chi connectivity index (χ2v) is 12.9. The molecule has 9 heteroatoms. The van der Waals surface area contributed by atoms with E-state index >= 15 is 0 Å². The number of aromatic nitrogens is 2. The van der Waals surface area contributed by atoms with Crippen molar-refractivity contribution in [1.29, 1.82) is 0 Å². The normalized spacial score (nSPS) is 14.8. The number of anilines is 1. The minimum absolute atomic E-state index is 0.0424. The Morgan fingerprint density at radius 2 is 1.55 bits per heavy atom. The van der Waals surface area contributed by atoms with Crippen molar-refractivity contribution >= 4 is 56.8 Å². The Morgan fingerprint density at radius 1 is 0.851 bits per heavy atom. The molecule has 6 aromatic rings. The van der Waals surface area contributed by atoms with Gasteiger partial charge in [-0.1, -0.05) is 132 Å². The zero-order valence-electron chi connectivity index (χ0n) is 24.9. The third-order valence-electron chi connectivity index (χ3n) is 7.69. The maximum atomic E-state index is 13.7. The van der Waals surface area contributed by atoms with Gasteiger partial charge in [0.25, 0.3) is 5.91 Å². The van der Waals surface area contributed by atoms with Crippen LogP contribution in [0, 0.1) is 0 Å². The Balaban J connectivity index is 1.21. The first-order chi connectivity index (χ1) is 23.0. The lowest BCUT2D eigenvalue weighted by Gasteiger charge is -2.24. The van der Waals surface area contributed by atoms with E-state index in [1.54, 1.807) is 30.3 Å². The van der Waals surface area contributed by atoms with Crippen molar-refractivity contribution in [2.24, 2.45) is 0 Å². The highest BCUT2D eigenvalue weighted by molar-refractivity contribution is 8.00. The van der Waals surface area contributed by atoms with Gasteiger partial charge >= 0.3 is 0 Å². The van der Waals surface area contributed by atoms with Crippen molar-refractivity contribution < 1.29 is 19.4 Å². The first-order valence-corrected chi connectivity index (χ1v) is 16.7. The number of nitrogens with zero attached hydrogens (tertiary/aromatic N) is 3. The number of ketones is 1. The number of fused-ring (bicyclic) bond motifs is 1. The zero-order chi connectivity index (χ0) is 32.2. The summed E-state index contributed by atoms with van der Waals surface area (Å²) in [4.78, 5) is 28.8. The van der Waals surface area contributed by atoms with Crippen LogP contribution in [0.5, 0.6) is 11.5 Å². The molecule has 1 atom stereocenters. The monoisotopic (exact) mass is 653 g/mol. The van der Waals surface area contributed by atoms with E-state index in [1.807, 2.05) is 78.9 Å². The van der Waals surface area contributed by atoms with Crippen LogP contribution in [0.15, 0.2) is 149 Å². The van der Waals surface area contributed by atoms with Crippen molar-refractivity contribution in [3.05, 3.63) is 161 Å². The largest absolute Gasteiger partial charge is 0.503 e. The molecule has 2 heterocycles. The predicted molar refractivity (Wildman–Crippen MR) is 187 cm³/mol. The van der Waals surface area contributed by atoms with Gasteiger partial charge in [-0.15, -0.1) is 10.2 Å². The maximum Gasteiger partial charge on any atom is 0.296 e. The van der Waals surface area contributed by atoms with Crippen LogP contribution in [0.3, 0.4) is 0 Å². The van der Waals surface area contributed by atoms with Crippen LogP contribution in [0.2, 0.25) is 0 Å². The third kappa shape index (κ3) is 6.44. The molecule has 1 N–H and O–H groups in total. The third-order valence-corrected chi connectivity index (χ3v) is 9.79. The Labute approximate surface area is 279 Å². The quantitative estimate of drug-likeness (QED) is 0.0896. The number of carbonyl (C=O) groups is 2. The second-order valence-electron chi connectivity index (χ2n) is 10.7. The lowest BCUT2D eigenvalue weighted by Crippen LogP contribution is -2.30. The predicted octanol–water partition coefficient (Wildman–Crippen LogP) is 8.96. The summed E-state index contributed by atoms with van der Waals surface area (Å²) in [6.07, 6.45) is 3.04. The van der Waals surface area contributed by atoms with Crippen molar-refractivity contribution in [1.82, 2.24) is 10.2 Å². The van der Waals surface area contributed by atoms with Gasteiger partial charge in [-0.3, -0.25) is 14.5 Å². The number of benzene rings is 5. The van der Waals surface area contributed by atoms with Crippen molar-refractivity contribution in [3.63, 3.8) is 0 Å². The summed E-state index contributed by atoms with van der Waals surface area (Å²) in [6.45, 7) is 0. The SMILES string of the molecule is O=C(C=Cc1ccccc1)C1=C(O)C(=O)N(c2nnc(SCc3cccc4ccccc34)s2)C1c1cccc(Oc2ccccc2)c1. The number of rotatable bonds is 10. The number of amides is 1. The van der Waals surface area contributed by atoms with Gasteiger partial charge in [0.15, 0.2) is 15.9 Å². The summed E-state index contributed by atoms with van der Waals surface area (Å²) in [5.41, 5.74) is 2.51. The molecule has 0 bridgehead atoms. The lowest BCUT2D eigenvalue weighted by atomic mass is 9.95. The van der Waals surface area contributed by atoms with Crippen molar-refractivity contribution in [3.8, 4) is 11.5 Å². The van der Waals surface area contributed by atoms with Gasteiger partial charge in [0.1, 0.15) is 11.5 Å². The van der Waals surface area contributed by atoms with E-state index in [0.29, 0.717) is 27.2 Å². The topological polar surface area (TPSA) is 92.6 Å². The number of para-hydroxylation sites is 1. The lowest BCUT2D eigenvalue weighted by molar-refractivity contribution is -0.117. The molecule has 47 heavy (non-hydrogen) atoms. The average Bonchev–Trinajstić information content (AvgIpc) is 3.68. The molecule has 230 valence electrons. The first-order valence-electron chi connectivity index (χ1n) is 14.8. The Kier molecular flexibility index (Phi) is 8.64. The molecule has 1 unspecified atom stereocenters. The molecule has 1 amide bonds. The van der Waals surface area contributed by atoms with Crippen LogP contribution < -0.4 is 9.64 Å². The molecule has 0 fully saturated rings. The first kappa shape index (κ1) is 30.2. The van der Waals surface area contributed by atoms with Gasteiger partial charge in [-0.25, -0.2) is 0 Å². The van der Waals surface area contributed by atoms with E-state index in [-0.39, 0.29) is 10.7 Å². The fraction of sp³-hybridized carbons (Fsp3) is 0.0526. The van der Waals surface area contributed by atoms with Crippen LogP contribution in [0.25, 0.3) is 16.8 Å². The van der Waals surface area contributed by atoms with Gasteiger partial charge in [-0.2, -0.15) is 0 Å². The van der Waals surface area contributed by atoms with E-state index < -0.39 is 23.5 Å². The molecule has 7 nitrogen and oxygen atoms in total. The highest BCUT2D eigenvalue weighted by Gasteiger charge is 2.45. The van der Waals surface area contributed by atoms with Crippen molar-refractivity contribution in [2.45, 2.75) is 16.1 Å². The number of thioether (sulfide) groups is 1. The molecule has 1 aliphatic rings.